The van der Waals surface area contributed by atoms with Crippen LogP contribution < -0.4 is 5.32 Å². The number of unbranched alkanes of at least 4 members (excludes halogenated alkanes) is 38. The largest absolute Gasteiger partial charge is 0.466 e. The van der Waals surface area contributed by atoms with Crippen LogP contribution in [0.2, 0.25) is 0 Å². The molecule has 7 unspecified atom stereocenters. The molecule has 0 aliphatic carbocycles. The fourth-order valence-electron chi connectivity index (χ4n) is 10.7. The average Bonchev–Trinajstić information content (AvgIpc) is 3.50. The van der Waals surface area contributed by atoms with Gasteiger partial charge in [-0.3, -0.25) is 9.59 Å². The van der Waals surface area contributed by atoms with E-state index < -0.39 is 49.5 Å². The van der Waals surface area contributed by atoms with E-state index in [0.29, 0.717) is 19.4 Å². The van der Waals surface area contributed by atoms with E-state index in [1.165, 1.54) is 205 Å². The molecule has 1 rings (SSSR count). The Labute approximate surface area is 503 Å². The van der Waals surface area contributed by atoms with Crippen molar-refractivity contribution in [2.75, 3.05) is 19.8 Å². The van der Waals surface area contributed by atoms with Crippen LogP contribution in [-0.4, -0.2) is 100 Å². The van der Waals surface area contributed by atoms with Crippen LogP contribution in [0.5, 0.6) is 0 Å². The molecule has 0 aromatic rings. The predicted octanol–water partition coefficient (Wildman–Crippen LogP) is 17.3. The lowest BCUT2D eigenvalue weighted by atomic mass is 9.99. The molecule has 82 heavy (non-hydrogen) atoms. The summed E-state index contributed by atoms with van der Waals surface area (Å²) in [4.78, 5) is 25.1. The summed E-state index contributed by atoms with van der Waals surface area (Å²) >= 11 is 0. The SMILES string of the molecule is CC/C=C/CC/C=C/CC/C=C/C(O)C(COC1OC(CO)C(O)C(O)C1O)NC(=O)CCCCCCCCCCCCC/C=C\C/C=C\CCCCCCCCCCCOC(=O)CCCCCCCCCCCCCCCCCCC. The van der Waals surface area contributed by atoms with Crippen LogP contribution in [-0.2, 0) is 23.8 Å². The maximum atomic E-state index is 13.0. The van der Waals surface area contributed by atoms with Crippen molar-refractivity contribution in [2.45, 2.75) is 358 Å². The first-order valence-electron chi connectivity index (χ1n) is 34.6. The van der Waals surface area contributed by atoms with Crippen molar-refractivity contribution in [3.05, 3.63) is 60.8 Å². The maximum absolute atomic E-state index is 13.0. The summed E-state index contributed by atoms with van der Waals surface area (Å²) in [6.07, 6.45) is 69.4. The molecular weight excluding hydrogens is 1030 g/mol. The normalized spacial score (nSPS) is 18.5. The molecule has 1 saturated heterocycles. The van der Waals surface area contributed by atoms with Gasteiger partial charge in [0.05, 0.1) is 32.0 Å². The maximum Gasteiger partial charge on any atom is 0.305 e. The summed E-state index contributed by atoms with van der Waals surface area (Å²) in [5.74, 6) is -0.198. The van der Waals surface area contributed by atoms with Gasteiger partial charge in [0.25, 0.3) is 0 Å². The average molecular weight is 1160 g/mol. The smallest absolute Gasteiger partial charge is 0.305 e. The van der Waals surface area contributed by atoms with Gasteiger partial charge in [-0.15, -0.1) is 0 Å². The molecule has 0 spiro atoms. The third-order valence-electron chi connectivity index (χ3n) is 16.1. The van der Waals surface area contributed by atoms with Crippen LogP contribution in [0.25, 0.3) is 0 Å². The number of hydrogen-bond donors (Lipinski definition) is 6. The molecule has 1 amide bonds. The summed E-state index contributed by atoms with van der Waals surface area (Å²) < 4.78 is 16.7. The van der Waals surface area contributed by atoms with Crippen LogP contribution in [0.4, 0.5) is 0 Å². The van der Waals surface area contributed by atoms with Gasteiger partial charge in [0.15, 0.2) is 6.29 Å². The van der Waals surface area contributed by atoms with Gasteiger partial charge < -0.3 is 45.1 Å². The molecule has 6 N–H and O–H groups in total. The number of amides is 1. The first kappa shape index (κ1) is 77.4. The number of hydrogen-bond acceptors (Lipinski definition) is 10. The summed E-state index contributed by atoms with van der Waals surface area (Å²) in [7, 11) is 0. The second-order valence-electron chi connectivity index (χ2n) is 23.8. The van der Waals surface area contributed by atoms with E-state index in [-0.39, 0.29) is 18.5 Å². The first-order chi connectivity index (χ1) is 40.2. The van der Waals surface area contributed by atoms with Crippen LogP contribution in [0.3, 0.4) is 0 Å². The van der Waals surface area contributed by atoms with Gasteiger partial charge in [0.1, 0.15) is 24.4 Å². The lowest BCUT2D eigenvalue weighted by Crippen LogP contribution is -2.60. The fraction of sp³-hybridized carbons (Fsp3) is 0.831. The molecule has 0 bridgehead atoms. The zero-order valence-corrected chi connectivity index (χ0v) is 52.9. The van der Waals surface area contributed by atoms with E-state index in [0.717, 1.165) is 83.5 Å². The highest BCUT2D eigenvalue weighted by molar-refractivity contribution is 5.76. The molecule has 0 radical (unpaired) electrons. The lowest BCUT2D eigenvalue weighted by molar-refractivity contribution is -0.302. The number of ether oxygens (including phenoxy) is 3. The Hall–Kier alpha value is -2.64. The van der Waals surface area contributed by atoms with Gasteiger partial charge in [0.2, 0.25) is 5.91 Å². The number of rotatable bonds is 60. The van der Waals surface area contributed by atoms with Crippen molar-refractivity contribution < 1.29 is 49.3 Å². The number of allylic oxidation sites excluding steroid dienone is 9. The minimum atomic E-state index is -1.58. The Morgan fingerprint density at radius 2 is 0.866 bits per heavy atom. The number of nitrogens with one attached hydrogen (secondary N) is 1. The molecule has 1 aliphatic heterocycles. The number of aliphatic hydroxyl groups is 5. The van der Waals surface area contributed by atoms with Crippen LogP contribution >= 0.6 is 0 Å². The van der Waals surface area contributed by atoms with Gasteiger partial charge in [-0.2, -0.15) is 0 Å². The standard InChI is InChI=1S/C71H129NO10/c1-3-5-7-9-11-13-15-16-17-29-33-36-39-43-47-51-55-59-67(76)80-60-56-52-48-44-40-37-34-31-28-26-24-22-20-18-19-21-23-25-27-30-32-35-38-42-46-50-54-58-66(75)72-63(62-81-71-70(79)69(78)68(77)65(61-73)82-71)64(74)57-53-49-45-41-14-12-10-8-6-4-2/h6,8,14,18-19,22,24,41,53,57,63-65,68-71,73-74,77-79H,3-5,7,9-13,15-17,20-21,23,25-40,42-52,54-56,58-62H2,1-2H3,(H,72,75)/b8-6+,19-18-,24-22-,41-14+,57-53+. The Morgan fingerprint density at radius 3 is 1.33 bits per heavy atom. The Kier molecular flexibility index (Phi) is 56.7. The predicted molar refractivity (Wildman–Crippen MR) is 343 cm³/mol. The summed E-state index contributed by atoms with van der Waals surface area (Å²) in [6.45, 7) is 4.21. The second-order valence-corrected chi connectivity index (χ2v) is 23.8. The van der Waals surface area contributed by atoms with Crippen molar-refractivity contribution in [1.82, 2.24) is 5.32 Å². The summed E-state index contributed by atoms with van der Waals surface area (Å²) in [5.41, 5.74) is 0. The molecule has 1 heterocycles. The van der Waals surface area contributed by atoms with Gasteiger partial charge in [-0.1, -0.05) is 280 Å². The zero-order valence-electron chi connectivity index (χ0n) is 52.9. The highest BCUT2D eigenvalue weighted by Crippen LogP contribution is 2.23. The van der Waals surface area contributed by atoms with E-state index in [1.54, 1.807) is 6.08 Å². The molecule has 478 valence electrons. The minimum absolute atomic E-state index is 0.00421. The monoisotopic (exact) mass is 1160 g/mol. The molecular formula is C71H129NO10. The molecule has 0 aromatic carbocycles. The van der Waals surface area contributed by atoms with E-state index in [2.05, 4.69) is 67.8 Å². The molecule has 0 saturated carbocycles. The van der Waals surface area contributed by atoms with Crippen LogP contribution in [0, 0.1) is 0 Å². The molecule has 11 heteroatoms. The number of carbonyl (C=O) groups is 2. The van der Waals surface area contributed by atoms with Crippen molar-refractivity contribution in [3.63, 3.8) is 0 Å². The Balaban J connectivity index is 1.96. The highest BCUT2D eigenvalue weighted by Gasteiger charge is 2.44. The van der Waals surface area contributed by atoms with Crippen molar-refractivity contribution in [2.24, 2.45) is 0 Å². The zero-order chi connectivity index (χ0) is 59.5. The number of carbonyl (C=O) groups excluding carboxylic acids is 2. The Morgan fingerprint density at radius 1 is 0.463 bits per heavy atom. The van der Waals surface area contributed by atoms with Crippen molar-refractivity contribution in [3.8, 4) is 0 Å². The van der Waals surface area contributed by atoms with E-state index >= 15 is 0 Å². The fourth-order valence-corrected chi connectivity index (χ4v) is 10.7. The minimum Gasteiger partial charge on any atom is -0.466 e. The first-order valence-corrected chi connectivity index (χ1v) is 34.6. The summed E-state index contributed by atoms with van der Waals surface area (Å²) in [6, 6.07) is -0.837. The lowest BCUT2D eigenvalue weighted by Gasteiger charge is -2.40. The quantitative estimate of drug-likeness (QED) is 0.0195. The third-order valence-corrected chi connectivity index (χ3v) is 16.1. The Bertz CT molecular complexity index is 1550. The molecule has 7 atom stereocenters. The number of aliphatic hydroxyl groups excluding tert-OH is 5. The topological polar surface area (TPSA) is 175 Å². The van der Waals surface area contributed by atoms with Crippen LogP contribution in [0.1, 0.15) is 316 Å². The summed E-state index contributed by atoms with van der Waals surface area (Å²) in [5, 5.41) is 54.3. The van der Waals surface area contributed by atoms with E-state index in [9.17, 15) is 35.1 Å². The molecule has 11 nitrogen and oxygen atoms in total. The van der Waals surface area contributed by atoms with Crippen molar-refractivity contribution in [1.29, 1.82) is 0 Å². The molecule has 1 aliphatic rings. The van der Waals surface area contributed by atoms with Gasteiger partial charge in [-0.25, -0.2) is 0 Å². The van der Waals surface area contributed by atoms with Gasteiger partial charge >= 0.3 is 5.97 Å². The van der Waals surface area contributed by atoms with Gasteiger partial charge in [0, 0.05) is 12.8 Å². The van der Waals surface area contributed by atoms with Crippen LogP contribution in [0.15, 0.2) is 60.8 Å². The molecule has 0 aromatic heterocycles. The highest BCUT2D eigenvalue weighted by atomic mass is 16.7. The van der Waals surface area contributed by atoms with E-state index in [1.807, 2.05) is 6.08 Å². The van der Waals surface area contributed by atoms with Gasteiger partial charge in [-0.05, 0) is 83.5 Å². The molecule has 1 fully saturated rings. The van der Waals surface area contributed by atoms with Crippen molar-refractivity contribution >= 4 is 11.9 Å². The van der Waals surface area contributed by atoms with E-state index in [4.69, 9.17) is 14.2 Å². The second kappa shape index (κ2) is 60.1. The third kappa shape index (κ3) is 48.6. The number of esters is 1.